The van der Waals surface area contributed by atoms with E-state index in [9.17, 15) is 27.6 Å². The summed E-state index contributed by atoms with van der Waals surface area (Å²) in [5.74, 6) is 0.660. The number of nitrogens with zero attached hydrogens (tertiary/aromatic N) is 4. The van der Waals surface area contributed by atoms with Crippen LogP contribution in [0.3, 0.4) is 0 Å². The van der Waals surface area contributed by atoms with Crippen molar-refractivity contribution in [1.29, 1.82) is 0 Å². The van der Waals surface area contributed by atoms with Gasteiger partial charge in [-0.05, 0) is 94.0 Å². The zero-order chi connectivity index (χ0) is 34.5. The molecule has 3 aromatic rings. The van der Waals surface area contributed by atoms with Crippen molar-refractivity contribution in [3.63, 3.8) is 0 Å². The standard InChI is InChI=1S/C35H39F3N6O4/c1-34(2,3)48-33(47)42-29-10-6-7-25(40-29)21-31(45)44-19-17-43(18-20-44)30-16-15-26(22-39-30)41-32(46)28-9-5-4-8-27(28)23-11-13-24(14-12-23)35(36,37)38/h6-7,10-16,22H,4-5,8-9,17-21H2,1-3H3,(H,41,46)(H,40,42,47). The second-order valence-corrected chi connectivity index (χ2v) is 12.8. The fraction of sp³-hybridized carbons (Fsp3) is 0.400. The van der Waals surface area contributed by atoms with Gasteiger partial charge in [-0.3, -0.25) is 14.9 Å². The average molecular weight is 665 g/mol. The lowest BCUT2D eigenvalue weighted by molar-refractivity contribution is -0.137. The summed E-state index contributed by atoms with van der Waals surface area (Å²) in [4.78, 5) is 51.1. The van der Waals surface area contributed by atoms with Crippen LogP contribution in [-0.2, 0) is 26.9 Å². The number of benzene rings is 1. The maximum atomic E-state index is 13.3. The number of piperazine rings is 1. The van der Waals surface area contributed by atoms with Crippen LogP contribution in [0.4, 0.5) is 35.3 Å². The Labute approximate surface area is 277 Å². The summed E-state index contributed by atoms with van der Waals surface area (Å²) >= 11 is 0. The highest BCUT2D eigenvalue weighted by Gasteiger charge is 2.30. The Morgan fingerprint density at radius 1 is 0.875 bits per heavy atom. The van der Waals surface area contributed by atoms with E-state index in [2.05, 4.69) is 25.5 Å². The normalized spacial score (nSPS) is 15.6. The van der Waals surface area contributed by atoms with Crippen LogP contribution in [0.1, 0.15) is 63.3 Å². The number of amides is 3. The Hall–Kier alpha value is -4.94. The molecule has 1 saturated heterocycles. The largest absolute Gasteiger partial charge is 0.444 e. The number of pyridine rings is 2. The van der Waals surface area contributed by atoms with Gasteiger partial charge in [0, 0.05) is 31.8 Å². The van der Waals surface area contributed by atoms with Crippen molar-refractivity contribution in [3.8, 4) is 0 Å². The van der Waals surface area contributed by atoms with E-state index in [-0.39, 0.29) is 18.2 Å². The number of carbonyl (C=O) groups excluding carboxylic acids is 3. The highest BCUT2D eigenvalue weighted by molar-refractivity contribution is 6.09. The first-order chi connectivity index (χ1) is 22.7. The minimum absolute atomic E-state index is 0.0738. The van der Waals surface area contributed by atoms with E-state index in [1.807, 2.05) is 6.07 Å². The van der Waals surface area contributed by atoms with E-state index >= 15 is 0 Å². The number of rotatable bonds is 7. The molecule has 2 aliphatic rings. The molecule has 1 aliphatic heterocycles. The van der Waals surface area contributed by atoms with E-state index in [1.165, 1.54) is 12.1 Å². The van der Waals surface area contributed by atoms with Crippen LogP contribution in [0, 0.1) is 0 Å². The molecule has 3 heterocycles. The molecule has 0 atom stereocenters. The van der Waals surface area contributed by atoms with Crippen molar-refractivity contribution < 1.29 is 32.3 Å². The highest BCUT2D eigenvalue weighted by atomic mass is 19.4. The molecule has 2 N–H and O–H groups in total. The maximum absolute atomic E-state index is 13.3. The number of alkyl halides is 3. The van der Waals surface area contributed by atoms with Crippen LogP contribution in [0.15, 0.2) is 66.4 Å². The van der Waals surface area contributed by atoms with Crippen molar-refractivity contribution in [2.75, 3.05) is 41.7 Å². The van der Waals surface area contributed by atoms with Gasteiger partial charge in [-0.2, -0.15) is 13.2 Å². The maximum Gasteiger partial charge on any atom is 0.416 e. The third-order valence-corrected chi connectivity index (χ3v) is 8.03. The van der Waals surface area contributed by atoms with Crippen LogP contribution in [-0.4, -0.2) is 64.6 Å². The number of carbonyl (C=O) groups is 3. The zero-order valence-electron chi connectivity index (χ0n) is 27.2. The molecule has 254 valence electrons. The van der Waals surface area contributed by atoms with Gasteiger partial charge in [0.1, 0.15) is 17.2 Å². The first-order valence-corrected chi connectivity index (χ1v) is 15.9. The molecule has 0 saturated carbocycles. The Morgan fingerprint density at radius 3 is 2.23 bits per heavy atom. The van der Waals surface area contributed by atoms with E-state index in [0.717, 1.165) is 30.5 Å². The molecule has 0 bridgehead atoms. The first-order valence-electron chi connectivity index (χ1n) is 15.9. The first kappa shape index (κ1) is 34.4. The molecular formula is C35H39F3N6O4. The number of hydrogen-bond acceptors (Lipinski definition) is 7. The van der Waals surface area contributed by atoms with Crippen LogP contribution in [0.2, 0.25) is 0 Å². The van der Waals surface area contributed by atoms with Gasteiger partial charge in [0.25, 0.3) is 5.91 Å². The molecular weight excluding hydrogens is 625 g/mol. The second-order valence-electron chi connectivity index (χ2n) is 12.8. The van der Waals surface area contributed by atoms with Crippen LogP contribution < -0.4 is 15.5 Å². The number of aromatic nitrogens is 2. The van der Waals surface area contributed by atoms with Gasteiger partial charge in [-0.25, -0.2) is 14.8 Å². The topological polar surface area (TPSA) is 117 Å². The van der Waals surface area contributed by atoms with Crippen molar-refractivity contribution >= 4 is 40.8 Å². The summed E-state index contributed by atoms with van der Waals surface area (Å²) in [6, 6.07) is 13.6. The predicted octanol–water partition coefficient (Wildman–Crippen LogP) is 6.70. The minimum atomic E-state index is -4.42. The molecule has 1 aromatic carbocycles. The molecule has 1 aliphatic carbocycles. The lowest BCUT2D eigenvalue weighted by Gasteiger charge is -2.35. The number of ether oxygens (including phenoxy) is 1. The van der Waals surface area contributed by atoms with Gasteiger partial charge in [-0.1, -0.05) is 18.2 Å². The smallest absolute Gasteiger partial charge is 0.416 e. The monoisotopic (exact) mass is 664 g/mol. The second kappa shape index (κ2) is 14.4. The van der Waals surface area contributed by atoms with Gasteiger partial charge < -0.3 is 19.9 Å². The van der Waals surface area contributed by atoms with Gasteiger partial charge in [0.05, 0.1) is 29.6 Å². The Kier molecular flexibility index (Phi) is 10.4. The fourth-order valence-electron chi connectivity index (χ4n) is 5.70. The SMILES string of the molecule is CC(C)(C)OC(=O)Nc1cccc(CC(=O)N2CCN(c3ccc(NC(=O)C4=C(c5ccc(C(F)(F)F)cc5)CCCC4)cn3)CC2)n1. The Bertz CT molecular complexity index is 1660. The van der Waals surface area contributed by atoms with Gasteiger partial charge in [0.2, 0.25) is 5.91 Å². The van der Waals surface area contributed by atoms with Crippen LogP contribution in [0.5, 0.6) is 0 Å². The molecule has 1 fully saturated rings. The molecule has 0 radical (unpaired) electrons. The molecule has 5 rings (SSSR count). The zero-order valence-corrected chi connectivity index (χ0v) is 27.2. The summed E-state index contributed by atoms with van der Waals surface area (Å²) in [7, 11) is 0. The minimum Gasteiger partial charge on any atom is -0.444 e. The summed E-state index contributed by atoms with van der Waals surface area (Å²) in [6.45, 7) is 7.44. The Morgan fingerprint density at radius 2 is 1.58 bits per heavy atom. The molecule has 0 unspecified atom stereocenters. The van der Waals surface area contributed by atoms with Gasteiger partial charge in [0.15, 0.2) is 0 Å². The lowest BCUT2D eigenvalue weighted by atomic mass is 9.86. The van der Waals surface area contributed by atoms with Crippen molar-refractivity contribution in [2.24, 2.45) is 0 Å². The third-order valence-electron chi connectivity index (χ3n) is 8.03. The van der Waals surface area contributed by atoms with Gasteiger partial charge in [-0.15, -0.1) is 0 Å². The van der Waals surface area contributed by atoms with E-state index < -0.39 is 23.4 Å². The molecule has 2 aromatic heterocycles. The summed E-state index contributed by atoms with van der Waals surface area (Å²) in [5.41, 5.74) is 1.65. The van der Waals surface area contributed by atoms with E-state index in [4.69, 9.17) is 4.74 Å². The highest BCUT2D eigenvalue weighted by Crippen LogP contribution is 2.35. The number of anilines is 3. The number of hydrogen-bond donors (Lipinski definition) is 2. The van der Waals surface area contributed by atoms with Crippen LogP contribution in [0.25, 0.3) is 5.57 Å². The molecule has 48 heavy (non-hydrogen) atoms. The predicted molar refractivity (Wildman–Crippen MR) is 176 cm³/mol. The van der Waals surface area contributed by atoms with E-state index in [1.54, 1.807) is 56.1 Å². The average Bonchev–Trinajstić information content (AvgIpc) is 3.04. The van der Waals surface area contributed by atoms with Gasteiger partial charge >= 0.3 is 12.3 Å². The van der Waals surface area contributed by atoms with Crippen LogP contribution >= 0.6 is 0 Å². The fourth-order valence-corrected chi connectivity index (χ4v) is 5.70. The molecule has 3 amide bonds. The summed E-state index contributed by atoms with van der Waals surface area (Å²) in [6.07, 6.45) is -0.518. The number of allylic oxidation sites excluding steroid dienone is 1. The quantitative estimate of drug-likeness (QED) is 0.289. The van der Waals surface area contributed by atoms with Crippen molar-refractivity contribution in [3.05, 3.63) is 83.2 Å². The third kappa shape index (κ3) is 9.11. The van der Waals surface area contributed by atoms with Crippen molar-refractivity contribution in [2.45, 2.75) is 64.7 Å². The summed E-state index contributed by atoms with van der Waals surface area (Å²) in [5, 5.41) is 5.49. The lowest BCUT2D eigenvalue weighted by Crippen LogP contribution is -2.49. The number of nitrogens with one attached hydrogen (secondary N) is 2. The number of halogens is 3. The van der Waals surface area contributed by atoms with Crippen molar-refractivity contribution in [1.82, 2.24) is 14.9 Å². The molecule has 0 spiro atoms. The Balaban J connectivity index is 1.14. The molecule has 10 nitrogen and oxygen atoms in total. The summed E-state index contributed by atoms with van der Waals surface area (Å²) < 4.78 is 44.4. The van der Waals surface area contributed by atoms with E-state index in [0.29, 0.717) is 73.2 Å². The molecule has 13 heteroatoms.